The second kappa shape index (κ2) is 5.02. The van der Waals surface area contributed by atoms with Crippen molar-refractivity contribution in [1.29, 1.82) is 0 Å². The first kappa shape index (κ1) is 12.2. The van der Waals surface area contributed by atoms with Crippen molar-refractivity contribution in [3.8, 4) is 0 Å². The number of benzene rings is 2. The average molecular weight is 270 g/mol. The second-order valence-corrected chi connectivity index (χ2v) is 5.30. The maximum absolute atomic E-state index is 13.6. The number of fused-ring (bicyclic) bond motifs is 1. The molecule has 1 aliphatic heterocycles. The molecule has 0 spiro atoms. The van der Waals surface area contributed by atoms with Gasteiger partial charge in [0.2, 0.25) is 0 Å². The van der Waals surface area contributed by atoms with Gasteiger partial charge in [-0.2, -0.15) is 0 Å². The smallest absolute Gasteiger partial charge is 0.191 e. The average Bonchev–Trinajstić information content (AvgIpc) is 2.44. The van der Waals surface area contributed by atoms with E-state index in [0.717, 1.165) is 5.56 Å². The lowest BCUT2D eigenvalue weighted by molar-refractivity contribution is 0.103. The van der Waals surface area contributed by atoms with E-state index in [1.54, 1.807) is 12.1 Å². The fraction of sp³-hybridized carbons (Fsp3) is 0.0625. The molecule has 3 heteroatoms. The van der Waals surface area contributed by atoms with Gasteiger partial charge in [-0.15, -0.1) is 11.8 Å². The zero-order chi connectivity index (χ0) is 13.2. The van der Waals surface area contributed by atoms with E-state index in [2.05, 4.69) is 0 Å². The first-order valence-electron chi connectivity index (χ1n) is 5.97. The van der Waals surface area contributed by atoms with E-state index in [-0.39, 0.29) is 11.6 Å². The Balaban J connectivity index is 2.01. The highest BCUT2D eigenvalue weighted by Crippen LogP contribution is 2.35. The van der Waals surface area contributed by atoms with Gasteiger partial charge in [0, 0.05) is 16.9 Å². The summed E-state index contributed by atoms with van der Waals surface area (Å²) in [6.45, 7) is 0. The Morgan fingerprint density at radius 1 is 1.05 bits per heavy atom. The predicted octanol–water partition coefficient (Wildman–Crippen LogP) is 4.20. The Morgan fingerprint density at radius 3 is 2.63 bits per heavy atom. The highest BCUT2D eigenvalue weighted by atomic mass is 32.2. The van der Waals surface area contributed by atoms with Gasteiger partial charge in [0.15, 0.2) is 5.78 Å². The summed E-state index contributed by atoms with van der Waals surface area (Å²) in [7, 11) is 0. The number of ketones is 1. The minimum Gasteiger partial charge on any atom is -0.289 e. The van der Waals surface area contributed by atoms with Crippen LogP contribution in [0.4, 0.5) is 4.39 Å². The number of hydrogen-bond acceptors (Lipinski definition) is 2. The maximum Gasteiger partial charge on any atom is 0.191 e. The summed E-state index contributed by atoms with van der Waals surface area (Å²) in [5.74, 6) is 0.133. The summed E-state index contributed by atoms with van der Waals surface area (Å²) < 4.78 is 13.6. The zero-order valence-corrected chi connectivity index (χ0v) is 10.9. The summed E-state index contributed by atoms with van der Waals surface area (Å²) in [6.07, 6.45) is 1.88. The lowest BCUT2D eigenvalue weighted by atomic mass is 10.0. The normalized spacial score (nSPS) is 16.5. The summed E-state index contributed by atoms with van der Waals surface area (Å²) in [5.41, 5.74) is 2.18. The van der Waals surface area contributed by atoms with Gasteiger partial charge in [0.1, 0.15) is 5.82 Å². The fourth-order valence-corrected chi connectivity index (χ4v) is 3.12. The van der Waals surface area contributed by atoms with Crippen LogP contribution in [0.5, 0.6) is 0 Å². The molecule has 0 aromatic heterocycles. The molecule has 1 aliphatic rings. The summed E-state index contributed by atoms with van der Waals surface area (Å²) >= 11 is 1.38. The minimum atomic E-state index is -0.311. The third-order valence-corrected chi connectivity index (χ3v) is 4.17. The number of carbonyl (C=O) groups is 1. The molecule has 0 amide bonds. The molecule has 0 aliphatic carbocycles. The Hall–Kier alpha value is -1.87. The van der Waals surface area contributed by atoms with Crippen LogP contribution in [0.2, 0.25) is 0 Å². The van der Waals surface area contributed by atoms with Gasteiger partial charge < -0.3 is 0 Å². The standard InChI is InChI=1S/C16H11FOS/c17-14-8-4-7-13-15(18)12(10-19-16(13)14)9-11-5-2-1-3-6-11/h1-9H,10H2/b12-9-. The molecule has 2 aromatic rings. The van der Waals surface area contributed by atoms with E-state index in [1.165, 1.54) is 17.8 Å². The van der Waals surface area contributed by atoms with Gasteiger partial charge in [0.25, 0.3) is 0 Å². The third-order valence-electron chi connectivity index (χ3n) is 3.02. The number of carbonyl (C=O) groups excluding carboxylic acids is 1. The Labute approximate surface area is 115 Å². The lowest BCUT2D eigenvalue weighted by Gasteiger charge is -2.17. The van der Waals surface area contributed by atoms with Crippen LogP contribution in [-0.4, -0.2) is 11.5 Å². The summed E-state index contributed by atoms with van der Waals surface area (Å²) in [4.78, 5) is 12.8. The van der Waals surface area contributed by atoms with Gasteiger partial charge in [0.05, 0.1) is 4.90 Å². The monoisotopic (exact) mass is 270 g/mol. The van der Waals surface area contributed by atoms with Crippen LogP contribution < -0.4 is 0 Å². The van der Waals surface area contributed by atoms with E-state index < -0.39 is 0 Å². The molecule has 0 atom stereocenters. The van der Waals surface area contributed by atoms with Crippen LogP contribution in [0.1, 0.15) is 15.9 Å². The van der Waals surface area contributed by atoms with Crippen LogP contribution in [0.3, 0.4) is 0 Å². The molecule has 0 bridgehead atoms. The molecule has 0 N–H and O–H groups in total. The number of halogens is 1. The van der Waals surface area contributed by atoms with Gasteiger partial charge in [-0.25, -0.2) is 4.39 Å². The Morgan fingerprint density at radius 2 is 1.84 bits per heavy atom. The number of hydrogen-bond donors (Lipinski definition) is 0. The van der Waals surface area contributed by atoms with Crippen molar-refractivity contribution in [3.63, 3.8) is 0 Å². The molecule has 3 rings (SSSR count). The van der Waals surface area contributed by atoms with Crippen molar-refractivity contribution in [2.45, 2.75) is 4.90 Å². The fourth-order valence-electron chi connectivity index (χ4n) is 2.08. The van der Waals surface area contributed by atoms with E-state index in [0.29, 0.717) is 21.8 Å². The topological polar surface area (TPSA) is 17.1 Å². The van der Waals surface area contributed by atoms with Gasteiger partial charge >= 0.3 is 0 Å². The number of thioether (sulfide) groups is 1. The first-order chi connectivity index (χ1) is 9.25. The summed E-state index contributed by atoms with van der Waals surface area (Å²) in [6, 6.07) is 14.4. The van der Waals surface area contributed by atoms with Crippen LogP contribution in [0.15, 0.2) is 59.0 Å². The zero-order valence-electron chi connectivity index (χ0n) is 10.1. The third kappa shape index (κ3) is 2.34. The van der Waals surface area contributed by atoms with Crippen LogP contribution in [0, 0.1) is 5.82 Å². The molecule has 0 fully saturated rings. The molecule has 19 heavy (non-hydrogen) atoms. The van der Waals surface area contributed by atoms with Gasteiger partial charge in [-0.3, -0.25) is 4.79 Å². The molecular formula is C16H11FOS. The van der Waals surface area contributed by atoms with Crippen LogP contribution in [0.25, 0.3) is 6.08 Å². The van der Waals surface area contributed by atoms with Crippen molar-refractivity contribution >= 4 is 23.6 Å². The molecule has 0 unspecified atom stereocenters. The maximum atomic E-state index is 13.6. The number of rotatable bonds is 1. The van der Waals surface area contributed by atoms with E-state index in [4.69, 9.17) is 0 Å². The lowest BCUT2D eigenvalue weighted by Crippen LogP contribution is -2.13. The van der Waals surface area contributed by atoms with Crippen molar-refractivity contribution in [2.75, 3.05) is 5.75 Å². The van der Waals surface area contributed by atoms with E-state index in [9.17, 15) is 9.18 Å². The largest absolute Gasteiger partial charge is 0.289 e. The Kier molecular flexibility index (Phi) is 3.22. The van der Waals surface area contributed by atoms with Gasteiger partial charge in [-0.1, -0.05) is 36.4 Å². The van der Waals surface area contributed by atoms with E-state index >= 15 is 0 Å². The molecule has 0 radical (unpaired) electrons. The molecule has 0 saturated carbocycles. The van der Waals surface area contributed by atoms with E-state index in [1.807, 2.05) is 36.4 Å². The van der Waals surface area contributed by atoms with Gasteiger partial charge in [-0.05, 0) is 23.8 Å². The van der Waals surface area contributed by atoms with Crippen molar-refractivity contribution in [2.24, 2.45) is 0 Å². The SMILES string of the molecule is O=C1/C(=C\c2ccccc2)CSc2c(F)cccc21. The van der Waals surface area contributed by atoms with Crippen LogP contribution in [-0.2, 0) is 0 Å². The number of Topliss-reactive ketones (excluding diaryl/α,β-unsaturated/α-hetero) is 1. The minimum absolute atomic E-state index is 0.0721. The highest BCUT2D eigenvalue weighted by molar-refractivity contribution is 7.99. The highest BCUT2D eigenvalue weighted by Gasteiger charge is 2.24. The van der Waals surface area contributed by atoms with Crippen molar-refractivity contribution in [3.05, 3.63) is 71.0 Å². The second-order valence-electron chi connectivity index (χ2n) is 4.31. The molecule has 1 heterocycles. The molecule has 1 nitrogen and oxygen atoms in total. The van der Waals surface area contributed by atoms with Crippen molar-refractivity contribution < 1.29 is 9.18 Å². The molecule has 0 saturated heterocycles. The molecular weight excluding hydrogens is 259 g/mol. The molecule has 2 aromatic carbocycles. The quantitative estimate of drug-likeness (QED) is 0.722. The Bertz CT molecular complexity index is 662. The molecule has 94 valence electrons. The van der Waals surface area contributed by atoms with Crippen LogP contribution >= 0.6 is 11.8 Å². The summed E-state index contributed by atoms with van der Waals surface area (Å²) in [5, 5.41) is 0. The predicted molar refractivity (Wildman–Crippen MR) is 75.9 cm³/mol. The van der Waals surface area contributed by atoms with Crippen molar-refractivity contribution in [1.82, 2.24) is 0 Å². The first-order valence-corrected chi connectivity index (χ1v) is 6.96.